The van der Waals surface area contributed by atoms with Gasteiger partial charge < -0.3 is 14.7 Å². The summed E-state index contributed by atoms with van der Waals surface area (Å²) in [6, 6.07) is 3.41. The predicted molar refractivity (Wildman–Crippen MR) is 108 cm³/mol. The Hall–Kier alpha value is -1.77. The number of piperidine rings is 2. The van der Waals surface area contributed by atoms with Crippen molar-refractivity contribution in [3.63, 3.8) is 0 Å². The first-order chi connectivity index (χ1) is 13.9. The van der Waals surface area contributed by atoms with E-state index in [-0.39, 0.29) is 29.9 Å². The standard InChI is InChI=1S/C21H28N2O5S/c1-14(24)17-2-3-18(29-17)19(26)23-10-6-21(7-11-23)12-16(28-20(21)27)13-22-8-4-15(25)5-9-22/h2-3,15-16,25H,4-13H2,1H3. The van der Waals surface area contributed by atoms with Crippen molar-refractivity contribution in [3.05, 3.63) is 21.9 Å². The number of ether oxygens (including phenoxy) is 1. The summed E-state index contributed by atoms with van der Waals surface area (Å²) in [6.07, 6.45) is 3.19. The van der Waals surface area contributed by atoms with Crippen LogP contribution in [-0.4, -0.2) is 77.5 Å². The van der Waals surface area contributed by atoms with E-state index in [1.165, 1.54) is 18.3 Å². The number of aliphatic hydroxyl groups is 1. The number of nitrogens with zero attached hydrogens (tertiary/aromatic N) is 2. The second kappa shape index (κ2) is 8.16. The van der Waals surface area contributed by atoms with E-state index in [9.17, 15) is 19.5 Å². The zero-order chi connectivity index (χ0) is 20.6. The first-order valence-electron chi connectivity index (χ1n) is 10.4. The average molecular weight is 421 g/mol. The molecule has 1 spiro atoms. The van der Waals surface area contributed by atoms with Gasteiger partial charge in [0.2, 0.25) is 0 Å². The molecular weight excluding hydrogens is 392 g/mol. The molecule has 1 aromatic heterocycles. The van der Waals surface area contributed by atoms with Gasteiger partial charge in [0.25, 0.3) is 5.91 Å². The minimum Gasteiger partial charge on any atom is -0.461 e. The number of carbonyl (C=O) groups excluding carboxylic acids is 3. The molecule has 29 heavy (non-hydrogen) atoms. The molecule has 0 saturated carbocycles. The quantitative estimate of drug-likeness (QED) is 0.592. The number of esters is 1. The zero-order valence-electron chi connectivity index (χ0n) is 16.8. The van der Waals surface area contributed by atoms with E-state index in [1.54, 1.807) is 17.0 Å². The highest BCUT2D eigenvalue weighted by Crippen LogP contribution is 2.43. The van der Waals surface area contributed by atoms with Crippen molar-refractivity contribution >= 4 is 29.0 Å². The highest BCUT2D eigenvalue weighted by atomic mass is 32.1. The summed E-state index contributed by atoms with van der Waals surface area (Å²) in [5, 5.41) is 9.65. The number of rotatable bonds is 4. The summed E-state index contributed by atoms with van der Waals surface area (Å²) in [6.45, 7) is 4.97. The van der Waals surface area contributed by atoms with Crippen molar-refractivity contribution in [2.24, 2.45) is 5.41 Å². The summed E-state index contributed by atoms with van der Waals surface area (Å²) in [7, 11) is 0. The van der Waals surface area contributed by atoms with Gasteiger partial charge in [-0.3, -0.25) is 19.3 Å². The van der Waals surface area contributed by atoms with E-state index < -0.39 is 5.41 Å². The second-order valence-corrected chi connectivity index (χ2v) is 9.64. The predicted octanol–water partition coefficient (Wildman–Crippen LogP) is 1.95. The van der Waals surface area contributed by atoms with E-state index in [0.29, 0.717) is 42.1 Å². The first-order valence-corrected chi connectivity index (χ1v) is 11.2. The number of amides is 1. The van der Waals surface area contributed by atoms with Crippen LogP contribution in [0.4, 0.5) is 0 Å². The molecule has 0 aliphatic carbocycles. The lowest BCUT2D eigenvalue weighted by Crippen LogP contribution is -2.45. The molecular formula is C21H28N2O5S. The van der Waals surface area contributed by atoms with Crippen LogP contribution in [0.5, 0.6) is 0 Å². The minimum atomic E-state index is -0.475. The Kier molecular flexibility index (Phi) is 5.77. The lowest BCUT2D eigenvalue weighted by molar-refractivity contribution is -0.151. The molecule has 0 bridgehead atoms. The monoisotopic (exact) mass is 420 g/mol. The smallest absolute Gasteiger partial charge is 0.312 e. The van der Waals surface area contributed by atoms with Crippen LogP contribution in [0.25, 0.3) is 0 Å². The molecule has 1 amide bonds. The summed E-state index contributed by atoms with van der Waals surface area (Å²) >= 11 is 1.23. The molecule has 4 rings (SSSR count). The summed E-state index contributed by atoms with van der Waals surface area (Å²) in [4.78, 5) is 42.1. The van der Waals surface area contributed by atoms with Crippen molar-refractivity contribution in [2.75, 3.05) is 32.7 Å². The lowest BCUT2D eigenvalue weighted by atomic mass is 9.76. The third kappa shape index (κ3) is 4.25. The lowest BCUT2D eigenvalue weighted by Gasteiger charge is -2.36. The number of hydrogen-bond donors (Lipinski definition) is 1. The van der Waals surface area contributed by atoms with Crippen LogP contribution in [0.3, 0.4) is 0 Å². The molecule has 3 saturated heterocycles. The Morgan fingerprint density at radius 3 is 2.45 bits per heavy atom. The van der Waals surface area contributed by atoms with Gasteiger partial charge in [0, 0.05) is 39.1 Å². The number of aliphatic hydroxyl groups excluding tert-OH is 1. The van der Waals surface area contributed by atoms with Crippen LogP contribution in [0.15, 0.2) is 12.1 Å². The van der Waals surface area contributed by atoms with Crippen molar-refractivity contribution in [1.29, 1.82) is 0 Å². The molecule has 1 N–H and O–H groups in total. The van der Waals surface area contributed by atoms with Crippen LogP contribution < -0.4 is 0 Å². The van der Waals surface area contributed by atoms with Crippen LogP contribution in [0.2, 0.25) is 0 Å². The number of cyclic esters (lactones) is 1. The van der Waals surface area contributed by atoms with Gasteiger partial charge in [-0.2, -0.15) is 0 Å². The summed E-state index contributed by atoms with van der Waals surface area (Å²) in [5.41, 5.74) is -0.475. The van der Waals surface area contributed by atoms with Gasteiger partial charge in [0.1, 0.15) is 6.10 Å². The Morgan fingerprint density at radius 1 is 1.17 bits per heavy atom. The van der Waals surface area contributed by atoms with Gasteiger partial charge in [-0.25, -0.2) is 0 Å². The largest absolute Gasteiger partial charge is 0.461 e. The molecule has 1 atom stereocenters. The fraction of sp³-hybridized carbons (Fsp3) is 0.667. The molecule has 8 heteroatoms. The molecule has 0 aromatic carbocycles. The van der Waals surface area contributed by atoms with Crippen molar-refractivity contribution in [2.45, 2.75) is 51.2 Å². The van der Waals surface area contributed by atoms with Crippen LogP contribution in [0, 0.1) is 5.41 Å². The second-order valence-electron chi connectivity index (χ2n) is 8.56. The third-order valence-corrected chi connectivity index (χ3v) is 7.69. The Morgan fingerprint density at radius 2 is 1.83 bits per heavy atom. The van der Waals surface area contributed by atoms with Crippen molar-refractivity contribution < 1.29 is 24.2 Å². The van der Waals surface area contributed by atoms with E-state index >= 15 is 0 Å². The Labute approximate surface area is 174 Å². The van der Waals surface area contributed by atoms with Crippen LogP contribution >= 0.6 is 11.3 Å². The molecule has 7 nitrogen and oxygen atoms in total. The molecule has 1 aromatic rings. The fourth-order valence-electron chi connectivity index (χ4n) is 4.67. The highest BCUT2D eigenvalue weighted by Gasteiger charge is 2.51. The molecule has 0 radical (unpaired) electrons. The first kappa shape index (κ1) is 20.5. The topological polar surface area (TPSA) is 87.2 Å². The molecule has 3 fully saturated rings. The van der Waals surface area contributed by atoms with E-state index in [4.69, 9.17) is 4.74 Å². The van der Waals surface area contributed by atoms with Gasteiger partial charge in [0.05, 0.1) is 21.3 Å². The molecule has 1 unspecified atom stereocenters. The minimum absolute atomic E-state index is 0.0328. The summed E-state index contributed by atoms with van der Waals surface area (Å²) in [5.74, 6) is -0.219. The zero-order valence-corrected chi connectivity index (χ0v) is 17.6. The highest BCUT2D eigenvalue weighted by molar-refractivity contribution is 7.15. The van der Waals surface area contributed by atoms with Gasteiger partial charge in [-0.15, -0.1) is 11.3 Å². The van der Waals surface area contributed by atoms with Crippen LogP contribution in [-0.2, 0) is 9.53 Å². The van der Waals surface area contributed by atoms with Gasteiger partial charge in [0.15, 0.2) is 5.78 Å². The number of ketones is 1. The average Bonchev–Trinajstić information content (AvgIpc) is 3.30. The van der Waals surface area contributed by atoms with Crippen molar-refractivity contribution in [3.8, 4) is 0 Å². The Bertz CT molecular complexity index is 791. The Balaban J connectivity index is 1.32. The maximum absolute atomic E-state index is 12.8. The van der Waals surface area contributed by atoms with Crippen molar-refractivity contribution in [1.82, 2.24) is 9.80 Å². The fourth-order valence-corrected chi connectivity index (χ4v) is 5.54. The maximum Gasteiger partial charge on any atom is 0.312 e. The molecule has 3 aliphatic heterocycles. The summed E-state index contributed by atoms with van der Waals surface area (Å²) < 4.78 is 5.71. The molecule has 4 heterocycles. The van der Waals surface area contributed by atoms with Gasteiger partial charge in [-0.1, -0.05) is 0 Å². The van der Waals surface area contributed by atoms with Gasteiger partial charge in [-0.05, 0) is 44.7 Å². The number of thiophene rings is 1. The third-order valence-electron chi connectivity index (χ3n) is 6.52. The molecule has 158 valence electrons. The maximum atomic E-state index is 12.8. The molecule has 3 aliphatic rings. The SMILES string of the molecule is CC(=O)c1ccc(C(=O)N2CCC3(CC2)CC(CN2CCC(O)CC2)OC3=O)s1. The number of carbonyl (C=O) groups is 3. The number of hydrogen-bond acceptors (Lipinski definition) is 7. The van der Waals surface area contributed by atoms with Crippen LogP contribution in [0.1, 0.15) is 58.4 Å². The number of Topliss-reactive ketones (excluding diaryl/α,β-unsaturated/α-hetero) is 1. The van der Waals surface area contributed by atoms with E-state index in [0.717, 1.165) is 32.5 Å². The normalized spacial score (nSPS) is 25.4. The van der Waals surface area contributed by atoms with E-state index in [2.05, 4.69) is 4.90 Å². The van der Waals surface area contributed by atoms with Gasteiger partial charge >= 0.3 is 5.97 Å². The van der Waals surface area contributed by atoms with E-state index in [1.807, 2.05) is 0 Å². The number of likely N-dealkylation sites (tertiary alicyclic amines) is 2.